The molecule has 0 bridgehead atoms. The Hall–Kier alpha value is -1.11. The van der Waals surface area contributed by atoms with E-state index in [1.54, 1.807) is 19.1 Å². The average molecular weight is 297 g/mol. The summed E-state index contributed by atoms with van der Waals surface area (Å²) in [6.07, 6.45) is 2.47. The van der Waals surface area contributed by atoms with Gasteiger partial charge in [0.15, 0.2) is 0 Å². The smallest absolute Gasteiger partial charge is 0.240 e. The van der Waals surface area contributed by atoms with Gasteiger partial charge in [0, 0.05) is 24.8 Å². The van der Waals surface area contributed by atoms with Crippen LogP contribution in [0.4, 0.5) is 5.69 Å². The van der Waals surface area contributed by atoms with E-state index in [0.717, 1.165) is 18.8 Å². The SMILES string of the molecule is CCNS(=O)(=O)c1ccc(NCC2CCCN2C)cc1. The Balaban J connectivity index is 1.95. The molecule has 1 fully saturated rings. The van der Waals surface area contributed by atoms with E-state index >= 15 is 0 Å². The van der Waals surface area contributed by atoms with Crippen molar-refractivity contribution in [2.45, 2.75) is 30.7 Å². The molecule has 6 heteroatoms. The van der Waals surface area contributed by atoms with Crippen molar-refractivity contribution < 1.29 is 8.42 Å². The third-order valence-electron chi connectivity index (χ3n) is 3.71. The van der Waals surface area contributed by atoms with Gasteiger partial charge in [-0.15, -0.1) is 0 Å². The standard InChI is InChI=1S/C14H23N3O2S/c1-3-16-20(18,19)14-8-6-12(7-9-14)15-11-13-5-4-10-17(13)2/h6-9,13,15-16H,3-5,10-11H2,1-2H3. The zero-order valence-electron chi connectivity index (χ0n) is 12.1. The maximum absolute atomic E-state index is 11.8. The summed E-state index contributed by atoms with van der Waals surface area (Å²) in [5.41, 5.74) is 0.959. The minimum atomic E-state index is -3.35. The first-order chi connectivity index (χ1) is 9.53. The van der Waals surface area contributed by atoms with Crippen molar-refractivity contribution in [1.82, 2.24) is 9.62 Å². The Morgan fingerprint density at radius 1 is 1.30 bits per heavy atom. The highest BCUT2D eigenvalue weighted by atomic mass is 32.2. The number of rotatable bonds is 6. The maximum Gasteiger partial charge on any atom is 0.240 e. The van der Waals surface area contributed by atoms with Crippen LogP contribution in [0.5, 0.6) is 0 Å². The molecule has 1 unspecified atom stereocenters. The van der Waals surface area contributed by atoms with Crippen molar-refractivity contribution in [3.63, 3.8) is 0 Å². The maximum atomic E-state index is 11.8. The zero-order chi connectivity index (χ0) is 14.6. The Morgan fingerprint density at radius 2 is 2.00 bits per heavy atom. The number of anilines is 1. The largest absolute Gasteiger partial charge is 0.383 e. The van der Waals surface area contributed by atoms with Gasteiger partial charge in [-0.1, -0.05) is 6.92 Å². The van der Waals surface area contributed by atoms with Crippen LogP contribution in [0.3, 0.4) is 0 Å². The number of likely N-dealkylation sites (tertiary alicyclic amines) is 1. The van der Waals surface area contributed by atoms with Gasteiger partial charge in [0.05, 0.1) is 4.90 Å². The molecule has 0 aromatic heterocycles. The average Bonchev–Trinajstić information content (AvgIpc) is 2.82. The first-order valence-corrected chi connectivity index (χ1v) is 8.55. The Morgan fingerprint density at radius 3 is 2.55 bits per heavy atom. The van der Waals surface area contributed by atoms with Gasteiger partial charge >= 0.3 is 0 Å². The number of nitrogens with zero attached hydrogens (tertiary/aromatic N) is 1. The lowest BCUT2D eigenvalue weighted by atomic mass is 10.2. The fraction of sp³-hybridized carbons (Fsp3) is 0.571. The topological polar surface area (TPSA) is 61.4 Å². The first kappa shape index (κ1) is 15.3. The van der Waals surface area contributed by atoms with E-state index in [1.165, 1.54) is 12.8 Å². The van der Waals surface area contributed by atoms with Crippen molar-refractivity contribution in [3.05, 3.63) is 24.3 Å². The van der Waals surface area contributed by atoms with Gasteiger partial charge in [-0.2, -0.15) is 0 Å². The molecule has 1 atom stereocenters. The molecule has 20 heavy (non-hydrogen) atoms. The normalized spacial score (nSPS) is 20.2. The van der Waals surface area contributed by atoms with E-state index < -0.39 is 10.0 Å². The monoisotopic (exact) mass is 297 g/mol. The second-order valence-electron chi connectivity index (χ2n) is 5.18. The fourth-order valence-corrected chi connectivity index (χ4v) is 3.54. The summed E-state index contributed by atoms with van der Waals surface area (Å²) < 4.78 is 26.1. The molecule has 2 N–H and O–H groups in total. The minimum absolute atomic E-state index is 0.308. The van der Waals surface area contributed by atoms with E-state index in [2.05, 4.69) is 22.0 Å². The fourth-order valence-electron chi connectivity index (χ4n) is 2.50. The molecule has 1 aliphatic rings. The van der Waals surface area contributed by atoms with Crippen LogP contribution in [0.1, 0.15) is 19.8 Å². The van der Waals surface area contributed by atoms with Gasteiger partial charge in [0.2, 0.25) is 10.0 Å². The molecule has 0 radical (unpaired) electrons. The molecule has 0 aliphatic carbocycles. The molecule has 1 aromatic rings. The molecule has 1 aliphatic heterocycles. The van der Waals surface area contributed by atoms with Crippen LogP contribution in [-0.2, 0) is 10.0 Å². The molecular formula is C14H23N3O2S. The molecule has 5 nitrogen and oxygen atoms in total. The Labute approximate surface area is 121 Å². The van der Waals surface area contributed by atoms with E-state index in [9.17, 15) is 8.42 Å². The van der Waals surface area contributed by atoms with E-state index in [4.69, 9.17) is 0 Å². The molecule has 112 valence electrons. The molecule has 0 saturated carbocycles. The molecule has 1 heterocycles. The second-order valence-corrected chi connectivity index (χ2v) is 6.95. The summed E-state index contributed by atoms with van der Waals surface area (Å²) >= 11 is 0. The Bertz CT molecular complexity index is 528. The highest BCUT2D eigenvalue weighted by Crippen LogP contribution is 2.17. The van der Waals surface area contributed by atoms with Crippen LogP contribution in [0, 0.1) is 0 Å². The van der Waals surface area contributed by atoms with Crippen LogP contribution in [0.2, 0.25) is 0 Å². The summed E-state index contributed by atoms with van der Waals surface area (Å²) in [7, 11) is -1.21. The number of nitrogens with one attached hydrogen (secondary N) is 2. The highest BCUT2D eigenvalue weighted by molar-refractivity contribution is 7.89. The summed E-state index contributed by atoms with van der Waals surface area (Å²) in [6, 6.07) is 7.48. The number of likely N-dealkylation sites (N-methyl/N-ethyl adjacent to an activating group) is 1. The van der Waals surface area contributed by atoms with Gasteiger partial charge in [-0.05, 0) is 50.7 Å². The number of benzene rings is 1. The predicted octanol–water partition coefficient (Wildman–Crippen LogP) is 1.49. The molecule has 2 rings (SSSR count). The second kappa shape index (κ2) is 6.56. The predicted molar refractivity (Wildman–Crippen MR) is 81.4 cm³/mol. The molecule has 1 saturated heterocycles. The molecular weight excluding hydrogens is 274 g/mol. The van der Waals surface area contributed by atoms with Crippen LogP contribution in [-0.4, -0.2) is 46.0 Å². The molecule has 1 aromatic carbocycles. The highest BCUT2D eigenvalue weighted by Gasteiger charge is 2.20. The third-order valence-corrected chi connectivity index (χ3v) is 5.27. The number of sulfonamides is 1. The van der Waals surface area contributed by atoms with Crippen molar-refractivity contribution in [1.29, 1.82) is 0 Å². The van der Waals surface area contributed by atoms with Gasteiger partial charge < -0.3 is 10.2 Å². The lowest BCUT2D eigenvalue weighted by Crippen LogP contribution is -2.31. The van der Waals surface area contributed by atoms with Crippen molar-refractivity contribution in [3.8, 4) is 0 Å². The van der Waals surface area contributed by atoms with Gasteiger partial charge in [0.1, 0.15) is 0 Å². The molecule has 0 spiro atoms. The Kier molecular flexibility index (Phi) is 5.01. The quantitative estimate of drug-likeness (QED) is 0.835. The third kappa shape index (κ3) is 3.71. The van der Waals surface area contributed by atoms with E-state index in [1.807, 2.05) is 12.1 Å². The van der Waals surface area contributed by atoms with Gasteiger partial charge in [0.25, 0.3) is 0 Å². The van der Waals surface area contributed by atoms with Crippen LogP contribution < -0.4 is 10.0 Å². The van der Waals surface area contributed by atoms with Crippen molar-refractivity contribution >= 4 is 15.7 Å². The van der Waals surface area contributed by atoms with Crippen LogP contribution in [0.25, 0.3) is 0 Å². The van der Waals surface area contributed by atoms with Crippen molar-refractivity contribution in [2.75, 3.05) is 32.0 Å². The number of hydrogen-bond donors (Lipinski definition) is 2. The first-order valence-electron chi connectivity index (χ1n) is 7.07. The summed E-state index contributed by atoms with van der Waals surface area (Å²) in [5.74, 6) is 0. The number of hydrogen-bond acceptors (Lipinski definition) is 4. The van der Waals surface area contributed by atoms with E-state index in [0.29, 0.717) is 17.5 Å². The lowest BCUT2D eigenvalue weighted by molar-refractivity contribution is 0.322. The molecule has 0 amide bonds. The van der Waals surface area contributed by atoms with Crippen LogP contribution >= 0.6 is 0 Å². The zero-order valence-corrected chi connectivity index (χ0v) is 12.9. The summed E-state index contributed by atoms with van der Waals surface area (Å²) in [6.45, 7) is 4.23. The van der Waals surface area contributed by atoms with Gasteiger partial charge in [-0.3, -0.25) is 0 Å². The summed E-state index contributed by atoms with van der Waals surface area (Å²) in [4.78, 5) is 2.67. The lowest BCUT2D eigenvalue weighted by Gasteiger charge is -2.20. The minimum Gasteiger partial charge on any atom is -0.383 e. The van der Waals surface area contributed by atoms with E-state index in [-0.39, 0.29) is 0 Å². The summed E-state index contributed by atoms with van der Waals surface area (Å²) in [5, 5.41) is 3.37. The van der Waals surface area contributed by atoms with Crippen molar-refractivity contribution in [2.24, 2.45) is 0 Å². The van der Waals surface area contributed by atoms with Crippen LogP contribution in [0.15, 0.2) is 29.2 Å². The van der Waals surface area contributed by atoms with Gasteiger partial charge in [-0.25, -0.2) is 13.1 Å².